The molecule has 0 aliphatic carbocycles. The van der Waals surface area contributed by atoms with Crippen LogP contribution in [-0.2, 0) is 19.1 Å². The average molecular weight is 537 g/mol. The lowest BCUT2D eigenvalue weighted by Crippen LogP contribution is -2.28. The molecule has 3 aromatic carbocycles. The van der Waals surface area contributed by atoms with Crippen molar-refractivity contribution in [3.8, 4) is 11.5 Å². The van der Waals surface area contributed by atoms with Crippen molar-refractivity contribution in [1.82, 2.24) is 0 Å². The summed E-state index contributed by atoms with van der Waals surface area (Å²) in [6, 6.07) is 20.3. The minimum atomic E-state index is -0.631. The van der Waals surface area contributed by atoms with Gasteiger partial charge < -0.3 is 19.7 Å². The monoisotopic (exact) mass is 536 g/mol. The third kappa shape index (κ3) is 6.27. The molecule has 7 nitrogen and oxygen atoms in total. The number of carbonyl (C=O) groups is 3. The summed E-state index contributed by atoms with van der Waals surface area (Å²) in [6.07, 6.45) is 0.0356. The lowest BCUT2D eigenvalue weighted by Gasteiger charge is -2.17. The molecule has 2 amide bonds. The SMILES string of the molecule is Cc1ccc(Oc2ccc(N3C[C@H](C(=O)OCC(=O)Nc4ccc(Br)cc4C)CC3=O)cc2)cc1. The highest BCUT2D eigenvalue weighted by Crippen LogP contribution is 2.29. The maximum Gasteiger partial charge on any atom is 0.311 e. The van der Waals surface area contributed by atoms with Crippen LogP contribution in [0.1, 0.15) is 17.5 Å². The zero-order valence-electron chi connectivity index (χ0n) is 19.4. The van der Waals surface area contributed by atoms with Crippen molar-refractivity contribution in [2.24, 2.45) is 5.92 Å². The van der Waals surface area contributed by atoms with Gasteiger partial charge in [0.1, 0.15) is 11.5 Å². The van der Waals surface area contributed by atoms with E-state index in [2.05, 4.69) is 21.2 Å². The number of benzene rings is 3. The first-order chi connectivity index (χ1) is 16.8. The first kappa shape index (κ1) is 24.5. The van der Waals surface area contributed by atoms with Gasteiger partial charge in [0.25, 0.3) is 5.91 Å². The lowest BCUT2D eigenvalue weighted by atomic mass is 10.1. The molecular formula is C27H25BrN2O5. The normalized spacial score (nSPS) is 15.1. The molecule has 1 aliphatic rings. The third-order valence-electron chi connectivity index (χ3n) is 5.67. The Bertz CT molecular complexity index is 1240. The molecule has 1 atom stereocenters. The molecule has 0 unspecified atom stereocenters. The number of hydrogen-bond acceptors (Lipinski definition) is 5. The van der Waals surface area contributed by atoms with E-state index >= 15 is 0 Å². The van der Waals surface area contributed by atoms with Gasteiger partial charge in [-0.1, -0.05) is 33.6 Å². The Labute approximate surface area is 212 Å². The fraction of sp³-hybridized carbons (Fsp3) is 0.222. The number of amides is 2. The summed E-state index contributed by atoms with van der Waals surface area (Å²) >= 11 is 3.38. The maximum absolute atomic E-state index is 12.5. The Kier molecular flexibility index (Phi) is 7.51. The molecule has 0 radical (unpaired) electrons. The Morgan fingerprint density at radius 1 is 1.00 bits per heavy atom. The molecule has 1 saturated heterocycles. The summed E-state index contributed by atoms with van der Waals surface area (Å²) in [7, 11) is 0. The highest BCUT2D eigenvalue weighted by molar-refractivity contribution is 9.10. The quantitative estimate of drug-likeness (QED) is 0.409. The second-order valence-electron chi connectivity index (χ2n) is 8.43. The number of hydrogen-bond donors (Lipinski definition) is 1. The summed E-state index contributed by atoms with van der Waals surface area (Å²) in [5.74, 6) is -0.436. The topological polar surface area (TPSA) is 84.9 Å². The summed E-state index contributed by atoms with van der Waals surface area (Å²) < 4.78 is 11.9. The number of carbonyl (C=O) groups excluding carboxylic acids is 3. The largest absolute Gasteiger partial charge is 0.457 e. The minimum Gasteiger partial charge on any atom is -0.457 e. The van der Waals surface area contributed by atoms with Crippen LogP contribution in [0.5, 0.6) is 11.5 Å². The van der Waals surface area contributed by atoms with Gasteiger partial charge in [0, 0.05) is 28.8 Å². The van der Waals surface area contributed by atoms with Gasteiger partial charge in [-0.05, 0) is 74.0 Å². The highest BCUT2D eigenvalue weighted by atomic mass is 79.9. The average Bonchev–Trinajstić information content (AvgIpc) is 3.23. The highest BCUT2D eigenvalue weighted by Gasteiger charge is 2.36. The Balaban J connectivity index is 1.29. The standard InChI is InChI=1S/C27H25BrN2O5/c1-17-3-8-22(9-4-17)35-23-10-6-21(7-11-23)30-15-19(14-26(30)32)27(33)34-16-25(31)29-24-12-5-20(28)13-18(24)2/h3-13,19H,14-16H2,1-2H3,(H,29,31)/t19-/m1/s1. The van der Waals surface area contributed by atoms with E-state index in [4.69, 9.17) is 9.47 Å². The summed E-state index contributed by atoms with van der Waals surface area (Å²) in [5, 5.41) is 2.73. The van der Waals surface area contributed by atoms with Crippen LogP contribution in [0.4, 0.5) is 11.4 Å². The van der Waals surface area contributed by atoms with Gasteiger partial charge in [0.2, 0.25) is 5.91 Å². The fourth-order valence-corrected chi connectivity index (χ4v) is 4.24. The number of halogens is 1. The molecule has 8 heteroatoms. The lowest BCUT2D eigenvalue weighted by molar-refractivity contribution is -0.151. The molecule has 0 saturated carbocycles. The van der Waals surface area contributed by atoms with E-state index in [9.17, 15) is 14.4 Å². The second-order valence-corrected chi connectivity index (χ2v) is 9.35. The maximum atomic E-state index is 12.5. The van der Waals surface area contributed by atoms with Crippen LogP contribution in [0, 0.1) is 19.8 Å². The van der Waals surface area contributed by atoms with Crippen molar-refractivity contribution in [2.75, 3.05) is 23.4 Å². The fourth-order valence-electron chi connectivity index (χ4n) is 3.76. The van der Waals surface area contributed by atoms with Gasteiger partial charge in [-0.25, -0.2) is 0 Å². The predicted molar refractivity (Wildman–Crippen MR) is 137 cm³/mol. The number of rotatable bonds is 7. The van der Waals surface area contributed by atoms with Crippen LogP contribution in [0.2, 0.25) is 0 Å². The smallest absolute Gasteiger partial charge is 0.311 e. The van der Waals surface area contributed by atoms with Gasteiger partial charge in [0.05, 0.1) is 5.92 Å². The van der Waals surface area contributed by atoms with Crippen LogP contribution in [-0.4, -0.2) is 30.9 Å². The number of ether oxygens (including phenoxy) is 2. The molecule has 3 aromatic rings. The van der Waals surface area contributed by atoms with Gasteiger partial charge in [0.15, 0.2) is 6.61 Å². The van der Waals surface area contributed by atoms with Crippen LogP contribution < -0.4 is 15.0 Å². The van der Waals surface area contributed by atoms with E-state index in [0.29, 0.717) is 17.1 Å². The molecule has 35 heavy (non-hydrogen) atoms. The predicted octanol–water partition coefficient (Wildman–Crippen LogP) is 5.39. The first-order valence-corrected chi connectivity index (χ1v) is 12.0. The molecular weight excluding hydrogens is 512 g/mol. The number of nitrogens with one attached hydrogen (secondary N) is 1. The van der Waals surface area contributed by atoms with Gasteiger partial charge in [-0.2, -0.15) is 0 Å². The second kappa shape index (κ2) is 10.7. The molecule has 1 aliphatic heterocycles. The van der Waals surface area contributed by atoms with Gasteiger partial charge in [-0.15, -0.1) is 0 Å². The van der Waals surface area contributed by atoms with Crippen LogP contribution in [0.3, 0.4) is 0 Å². The number of esters is 1. The zero-order chi connectivity index (χ0) is 24.9. The van der Waals surface area contributed by atoms with Gasteiger partial charge >= 0.3 is 5.97 Å². The van der Waals surface area contributed by atoms with E-state index in [1.54, 1.807) is 35.2 Å². The molecule has 0 aromatic heterocycles. The van der Waals surface area contributed by atoms with Crippen LogP contribution >= 0.6 is 15.9 Å². The molecule has 1 heterocycles. The summed E-state index contributed by atoms with van der Waals surface area (Å²) in [5.41, 5.74) is 3.34. The molecule has 0 spiro atoms. The van der Waals surface area contributed by atoms with Crippen LogP contribution in [0.15, 0.2) is 71.2 Å². The van der Waals surface area contributed by atoms with E-state index in [-0.39, 0.29) is 18.9 Å². The van der Waals surface area contributed by atoms with E-state index in [1.807, 2.05) is 50.2 Å². The van der Waals surface area contributed by atoms with E-state index < -0.39 is 24.4 Å². The molecule has 4 rings (SSSR count). The molecule has 180 valence electrons. The summed E-state index contributed by atoms with van der Waals surface area (Å²) in [6.45, 7) is 3.66. The molecule has 1 fully saturated rings. The Morgan fingerprint density at radius 3 is 2.31 bits per heavy atom. The first-order valence-electron chi connectivity index (χ1n) is 11.2. The van der Waals surface area contributed by atoms with E-state index in [0.717, 1.165) is 21.3 Å². The van der Waals surface area contributed by atoms with Gasteiger partial charge in [-0.3, -0.25) is 14.4 Å². The number of nitrogens with zero attached hydrogens (tertiary/aromatic N) is 1. The minimum absolute atomic E-state index is 0.0356. The summed E-state index contributed by atoms with van der Waals surface area (Å²) in [4.78, 5) is 38.8. The number of aryl methyl sites for hydroxylation is 2. The van der Waals surface area contributed by atoms with Crippen molar-refractivity contribution in [3.63, 3.8) is 0 Å². The Morgan fingerprint density at radius 2 is 1.66 bits per heavy atom. The van der Waals surface area contributed by atoms with E-state index in [1.165, 1.54) is 0 Å². The van der Waals surface area contributed by atoms with Crippen LogP contribution in [0.25, 0.3) is 0 Å². The van der Waals surface area contributed by atoms with Crippen molar-refractivity contribution >= 4 is 45.1 Å². The van der Waals surface area contributed by atoms with Crippen molar-refractivity contribution in [2.45, 2.75) is 20.3 Å². The van der Waals surface area contributed by atoms with Crippen molar-refractivity contribution in [1.29, 1.82) is 0 Å². The Hall–Kier alpha value is -3.65. The molecule has 1 N–H and O–H groups in total. The van der Waals surface area contributed by atoms with Crippen molar-refractivity contribution < 1.29 is 23.9 Å². The zero-order valence-corrected chi connectivity index (χ0v) is 21.0. The van der Waals surface area contributed by atoms with Crippen molar-refractivity contribution in [3.05, 3.63) is 82.3 Å². The third-order valence-corrected chi connectivity index (χ3v) is 6.16. The number of anilines is 2. The molecule has 0 bridgehead atoms.